The van der Waals surface area contributed by atoms with Crippen molar-refractivity contribution in [3.63, 3.8) is 0 Å². The van der Waals surface area contributed by atoms with Gasteiger partial charge in [0, 0.05) is 24.1 Å². The molecular formula is C23H37NO8. The molecule has 0 radical (unpaired) electrons. The van der Waals surface area contributed by atoms with Crippen LogP contribution >= 0.6 is 0 Å². The Morgan fingerprint density at radius 3 is 1.75 bits per heavy atom. The Kier molecular flexibility index (Phi) is 15.3. The maximum absolute atomic E-state index is 11.8. The van der Waals surface area contributed by atoms with Gasteiger partial charge in [0.05, 0.1) is 0 Å². The highest BCUT2D eigenvalue weighted by Crippen LogP contribution is 2.07. The lowest BCUT2D eigenvalue weighted by Crippen LogP contribution is -2.31. The molecule has 0 aliphatic carbocycles. The number of hydrogen-bond donors (Lipinski definition) is 1. The molecule has 0 fully saturated rings. The third kappa shape index (κ3) is 15.9. The minimum Gasteiger partial charge on any atom is -0.459 e. The van der Waals surface area contributed by atoms with Crippen molar-refractivity contribution in [3.8, 4) is 0 Å². The van der Waals surface area contributed by atoms with E-state index in [0.29, 0.717) is 25.0 Å². The molecule has 182 valence electrons. The summed E-state index contributed by atoms with van der Waals surface area (Å²) in [6.45, 7) is 13.8. The van der Waals surface area contributed by atoms with Gasteiger partial charge in [-0.2, -0.15) is 0 Å². The second kappa shape index (κ2) is 16.8. The fraction of sp³-hybridized carbons (Fsp3) is 0.652. The van der Waals surface area contributed by atoms with Gasteiger partial charge in [-0.3, -0.25) is 4.79 Å². The number of amides is 1. The van der Waals surface area contributed by atoms with Gasteiger partial charge in [0.2, 0.25) is 0 Å². The lowest BCUT2D eigenvalue weighted by molar-refractivity contribution is -0.156. The van der Waals surface area contributed by atoms with E-state index in [9.17, 15) is 19.2 Å². The summed E-state index contributed by atoms with van der Waals surface area (Å²) in [5.41, 5.74) is 0.585. The summed E-state index contributed by atoms with van der Waals surface area (Å²) in [7, 11) is 0. The largest absolute Gasteiger partial charge is 0.459 e. The van der Waals surface area contributed by atoms with E-state index >= 15 is 0 Å². The molecule has 0 rings (SSSR count). The van der Waals surface area contributed by atoms with Crippen molar-refractivity contribution in [1.82, 2.24) is 5.32 Å². The standard InChI is InChI=1S/C23H37NO8/c1-16(2)21(26)29-14-18(5)31-20(25)12-10-8-7-9-11-13-24-23(28)32-19(6)15-30-22(27)17(3)4/h18-19H,1,3,7-15H2,2,4-6H3,(H,24,28). The Bertz CT molecular complexity index is 602. The first kappa shape index (κ1) is 29.2. The predicted octanol–water partition coefficient (Wildman–Crippen LogP) is 3.61. The van der Waals surface area contributed by atoms with Gasteiger partial charge in [0.15, 0.2) is 0 Å². The first-order valence-corrected chi connectivity index (χ1v) is 10.8. The Balaban J connectivity index is 3.66. The van der Waals surface area contributed by atoms with Crippen LogP contribution in [0.5, 0.6) is 0 Å². The molecule has 1 amide bonds. The lowest BCUT2D eigenvalue weighted by Gasteiger charge is -2.14. The predicted molar refractivity (Wildman–Crippen MR) is 119 cm³/mol. The van der Waals surface area contributed by atoms with Gasteiger partial charge in [0.25, 0.3) is 0 Å². The molecule has 1 N–H and O–H groups in total. The van der Waals surface area contributed by atoms with Crippen LogP contribution < -0.4 is 5.32 Å². The smallest absolute Gasteiger partial charge is 0.407 e. The lowest BCUT2D eigenvalue weighted by atomic mass is 10.1. The van der Waals surface area contributed by atoms with Crippen molar-refractivity contribution in [1.29, 1.82) is 0 Å². The van der Waals surface area contributed by atoms with Crippen LogP contribution in [0.2, 0.25) is 0 Å². The van der Waals surface area contributed by atoms with Gasteiger partial charge in [-0.05, 0) is 40.5 Å². The molecule has 0 heterocycles. The van der Waals surface area contributed by atoms with E-state index in [2.05, 4.69) is 18.5 Å². The van der Waals surface area contributed by atoms with Crippen LogP contribution in [0.1, 0.15) is 66.2 Å². The minimum atomic E-state index is -0.560. The molecule has 9 heteroatoms. The third-order valence-corrected chi connectivity index (χ3v) is 4.06. The first-order valence-electron chi connectivity index (χ1n) is 10.8. The van der Waals surface area contributed by atoms with Crippen molar-refractivity contribution in [2.45, 2.75) is 78.4 Å². The van der Waals surface area contributed by atoms with E-state index in [1.807, 2.05) is 0 Å². The monoisotopic (exact) mass is 455 g/mol. The SMILES string of the molecule is C=C(C)C(=O)OCC(C)OC(=O)CCCCCCCNC(=O)OC(C)COC(=O)C(=C)C. The van der Waals surface area contributed by atoms with Gasteiger partial charge in [-0.1, -0.05) is 32.4 Å². The number of ether oxygens (including phenoxy) is 4. The molecule has 0 aromatic rings. The van der Waals surface area contributed by atoms with Crippen LogP contribution in [0.4, 0.5) is 4.79 Å². The van der Waals surface area contributed by atoms with Crippen molar-refractivity contribution in [2.75, 3.05) is 19.8 Å². The molecule has 0 aliphatic rings. The highest BCUT2D eigenvalue weighted by atomic mass is 16.6. The molecule has 0 bridgehead atoms. The van der Waals surface area contributed by atoms with Crippen LogP contribution in [0, 0.1) is 0 Å². The highest BCUT2D eigenvalue weighted by molar-refractivity contribution is 5.87. The third-order valence-electron chi connectivity index (χ3n) is 4.06. The maximum Gasteiger partial charge on any atom is 0.407 e. The number of rotatable bonds is 16. The summed E-state index contributed by atoms with van der Waals surface area (Å²) in [5, 5.41) is 2.65. The Morgan fingerprint density at radius 1 is 0.750 bits per heavy atom. The average Bonchev–Trinajstić information content (AvgIpc) is 2.71. The molecule has 0 aliphatic heterocycles. The molecule has 2 unspecified atom stereocenters. The van der Waals surface area contributed by atoms with Gasteiger partial charge in [-0.15, -0.1) is 0 Å². The van der Waals surface area contributed by atoms with E-state index in [0.717, 1.165) is 25.7 Å². The van der Waals surface area contributed by atoms with Crippen molar-refractivity contribution in [3.05, 3.63) is 24.3 Å². The highest BCUT2D eigenvalue weighted by Gasteiger charge is 2.13. The fourth-order valence-corrected chi connectivity index (χ4v) is 2.32. The molecule has 9 nitrogen and oxygen atoms in total. The maximum atomic E-state index is 11.8. The minimum absolute atomic E-state index is 0.00525. The Labute approximate surface area is 190 Å². The van der Waals surface area contributed by atoms with Gasteiger partial charge < -0.3 is 24.3 Å². The second-order valence-corrected chi connectivity index (χ2v) is 7.72. The zero-order valence-electron chi connectivity index (χ0n) is 19.7. The number of unbranched alkanes of at least 4 members (excludes halogenated alkanes) is 4. The Hall–Kier alpha value is -2.84. The summed E-state index contributed by atoms with van der Waals surface area (Å²) in [6, 6.07) is 0. The zero-order chi connectivity index (χ0) is 24.5. The number of hydrogen-bond acceptors (Lipinski definition) is 8. The molecule has 0 saturated carbocycles. The van der Waals surface area contributed by atoms with E-state index < -0.39 is 30.2 Å². The van der Waals surface area contributed by atoms with Gasteiger partial charge >= 0.3 is 24.0 Å². The Morgan fingerprint density at radius 2 is 1.22 bits per heavy atom. The van der Waals surface area contributed by atoms with Crippen LogP contribution in [-0.4, -0.2) is 56.0 Å². The van der Waals surface area contributed by atoms with E-state index in [-0.39, 0.29) is 24.8 Å². The number of carbonyl (C=O) groups is 4. The molecule has 0 saturated heterocycles. The normalized spacial score (nSPS) is 12.1. The van der Waals surface area contributed by atoms with Gasteiger partial charge in [0.1, 0.15) is 25.4 Å². The summed E-state index contributed by atoms with van der Waals surface area (Å²) >= 11 is 0. The van der Waals surface area contributed by atoms with E-state index in [4.69, 9.17) is 18.9 Å². The number of nitrogens with one attached hydrogen (secondary N) is 1. The molecule has 0 aromatic carbocycles. The topological polar surface area (TPSA) is 117 Å². The summed E-state index contributed by atoms with van der Waals surface area (Å²) < 4.78 is 20.1. The molecule has 32 heavy (non-hydrogen) atoms. The van der Waals surface area contributed by atoms with Crippen LogP contribution in [-0.2, 0) is 33.3 Å². The quantitative estimate of drug-likeness (QED) is 0.162. The molecule has 2 atom stereocenters. The summed E-state index contributed by atoms with van der Waals surface area (Å²) in [4.78, 5) is 46.0. The van der Waals surface area contributed by atoms with Crippen LogP contribution in [0.3, 0.4) is 0 Å². The zero-order valence-corrected chi connectivity index (χ0v) is 19.7. The van der Waals surface area contributed by atoms with E-state index in [1.165, 1.54) is 0 Å². The number of carbonyl (C=O) groups excluding carboxylic acids is 4. The number of alkyl carbamates (subject to hydrolysis) is 1. The molecule has 0 spiro atoms. The van der Waals surface area contributed by atoms with Crippen LogP contribution in [0.25, 0.3) is 0 Å². The molecule has 0 aromatic heterocycles. The van der Waals surface area contributed by atoms with E-state index in [1.54, 1.807) is 27.7 Å². The number of esters is 3. The molecular weight excluding hydrogens is 418 g/mol. The van der Waals surface area contributed by atoms with Crippen molar-refractivity contribution >= 4 is 24.0 Å². The second-order valence-electron chi connectivity index (χ2n) is 7.72. The van der Waals surface area contributed by atoms with Crippen molar-refractivity contribution in [2.24, 2.45) is 0 Å². The fourth-order valence-electron chi connectivity index (χ4n) is 2.32. The van der Waals surface area contributed by atoms with Gasteiger partial charge in [-0.25, -0.2) is 14.4 Å². The average molecular weight is 456 g/mol. The summed E-state index contributed by atoms with van der Waals surface area (Å²) in [5.74, 6) is -1.35. The first-order chi connectivity index (χ1) is 15.0. The summed E-state index contributed by atoms with van der Waals surface area (Å²) in [6.07, 6.45) is 2.85. The van der Waals surface area contributed by atoms with Crippen molar-refractivity contribution < 1.29 is 38.1 Å². The van der Waals surface area contributed by atoms with Crippen LogP contribution in [0.15, 0.2) is 24.3 Å².